The third kappa shape index (κ3) is 5.52. The van der Waals surface area contributed by atoms with Gasteiger partial charge in [-0.1, -0.05) is 65.2 Å². The molecule has 1 aromatic heterocycles. The fourth-order valence-corrected chi connectivity index (χ4v) is 3.66. The number of aromatic nitrogens is 1. The fourth-order valence-electron chi connectivity index (χ4n) is 3.66. The van der Waals surface area contributed by atoms with E-state index < -0.39 is 0 Å². The molecular formula is C19H34N2O2. The second-order valence-corrected chi connectivity index (χ2v) is 6.98. The van der Waals surface area contributed by atoms with Crippen LogP contribution in [0.4, 0.5) is 0 Å². The first-order valence-corrected chi connectivity index (χ1v) is 9.66. The maximum Gasteiger partial charge on any atom is 0.255 e. The monoisotopic (exact) mass is 322 g/mol. The molecule has 0 aromatic carbocycles. The number of unbranched alkanes of at least 4 members (excludes halogenated alkanes) is 6. The maximum absolute atomic E-state index is 9.70. The Balaban J connectivity index is 1.85. The molecule has 0 saturated heterocycles. The topological polar surface area (TPSA) is 49.5 Å². The lowest BCUT2D eigenvalue weighted by Gasteiger charge is -2.33. The molecular weight excluding hydrogens is 288 g/mol. The van der Waals surface area contributed by atoms with Crippen LogP contribution in [-0.2, 0) is 13.0 Å². The van der Waals surface area contributed by atoms with Crippen molar-refractivity contribution >= 4 is 0 Å². The second kappa shape index (κ2) is 9.96. The van der Waals surface area contributed by atoms with Gasteiger partial charge in [0.1, 0.15) is 0 Å². The van der Waals surface area contributed by atoms with Crippen LogP contribution < -0.4 is 0 Å². The van der Waals surface area contributed by atoms with Gasteiger partial charge in [-0.2, -0.15) is 0 Å². The van der Waals surface area contributed by atoms with Crippen LogP contribution in [0.3, 0.4) is 0 Å². The predicted molar refractivity (Wildman–Crippen MR) is 93.6 cm³/mol. The van der Waals surface area contributed by atoms with Gasteiger partial charge in [-0.05, 0) is 24.4 Å². The summed E-state index contributed by atoms with van der Waals surface area (Å²) in [6.07, 6.45) is 14.1. The number of nitrogens with zero attached hydrogens (tertiary/aromatic N) is 2. The molecule has 132 valence electrons. The first-order chi connectivity index (χ1) is 11.3. The van der Waals surface area contributed by atoms with Gasteiger partial charge in [0, 0.05) is 12.6 Å². The zero-order valence-corrected chi connectivity index (χ0v) is 15.0. The summed E-state index contributed by atoms with van der Waals surface area (Å²) in [4.78, 5) is 2.56. The molecule has 0 amide bonds. The highest BCUT2D eigenvalue weighted by molar-refractivity contribution is 5.29. The molecule has 23 heavy (non-hydrogen) atoms. The van der Waals surface area contributed by atoms with E-state index in [1.165, 1.54) is 64.2 Å². The van der Waals surface area contributed by atoms with Gasteiger partial charge in [-0.15, -0.1) is 0 Å². The molecule has 1 aliphatic rings. The highest BCUT2D eigenvalue weighted by Crippen LogP contribution is 2.29. The first kappa shape index (κ1) is 18.3. The van der Waals surface area contributed by atoms with E-state index in [0.29, 0.717) is 6.04 Å². The molecule has 4 nitrogen and oxygen atoms in total. The minimum Gasteiger partial charge on any atom is -0.491 e. The maximum atomic E-state index is 9.70. The Hall–Kier alpha value is -1.03. The van der Waals surface area contributed by atoms with Crippen LogP contribution in [0.2, 0.25) is 0 Å². The lowest BCUT2D eigenvalue weighted by atomic mass is 9.97. The van der Waals surface area contributed by atoms with Crippen LogP contribution in [0.15, 0.2) is 4.52 Å². The van der Waals surface area contributed by atoms with Crippen molar-refractivity contribution in [3.63, 3.8) is 0 Å². The minimum absolute atomic E-state index is 0.0988. The summed E-state index contributed by atoms with van der Waals surface area (Å²) < 4.78 is 5.31. The third-order valence-corrected chi connectivity index (χ3v) is 5.14. The van der Waals surface area contributed by atoms with Crippen molar-refractivity contribution in [3.05, 3.63) is 11.3 Å². The average molecular weight is 322 g/mol. The Morgan fingerprint density at radius 1 is 1.04 bits per heavy atom. The number of hydrogen-bond donors (Lipinski definition) is 1. The van der Waals surface area contributed by atoms with Gasteiger partial charge in [0.2, 0.25) is 0 Å². The van der Waals surface area contributed by atoms with Gasteiger partial charge in [0.25, 0.3) is 5.88 Å². The van der Waals surface area contributed by atoms with Crippen molar-refractivity contribution in [2.45, 2.75) is 97.1 Å². The molecule has 2 heterocycles. The smallest absolute Gasteiger partial charge is 0.255 e. The molecule has 1 aliphatic heterocycles. The van der Waals surface area contributed by atoms with E-state index in [2.05, 4.69) is 23.9 Å². The number of fused-ring (bicyclic) bond motifs is 1. The Kier molecular flexibility index (Phi) is 7.93. The van der Waals surface area contributed by atoms with Crippen LogP contribution in [0, 0.1) is 0 Å². The van der Waals surface area contributed by atoms with Crippen LogP contribution in [0.5, 0.6) is 5.88 Å². The van der Waals surface area contributed by atoms with Crippen molar-refractivity contribution in [1.82, 2.24) is 10.1 Å². The molecule has 0 fully saturated rings. The first-order valence-electron chi connectivity index (χ1n) is 9.66. The van der Waals surface area contributed by atoms with Crippen LogP contribution in [0.25, 0.3) is 0 Å². The van der Waals surface area contributed by atoms with E-state index in [9.17, 15) is 5.11 Å². The molecule has 1 aromatic rings. The standard InChI is InChI=1S/C19H34N2O2/c1-3-5-7-8-10-12-16(11-9-6-4-2)21-14-13-17-18(15-21)23-20-19(17)22/h16H,3-15H2,1-2H3,(H,20,22). The van der Waals surface area contributed by atoms with Crippen molar-refractivity contribution in [1.29, 1.82) is 0 Å². The fraction of sp³-hybridized carbons (Fsp3) is 0.842. The van der Waals surface area contributed by atoms with E-state index >= 15 is 0 Å². The summed E-state index contributed by atoms with van der Waals surface area (Å²) in [6.45, 7) is 6.37. The second-order valence-electron chi connectivity index (χ2n) is 6.98. The largest absolute Gasteiger partial charge is 0.491 e. The molecule has 1 unspecified atom stereocenters. The molecule has 1 atom stereocenters. The number of rotatable bonds is 11. The SMILES string of the molecule is CCCCCCCC(CCCCC)N1CCc2c(O)noc2C1. The van der Waals surface area contributed by atoms with Crippen molar-refractivity contribution in [3.8, 4) is 5.88 Å². The minimum atomic E-state index is 0.0988. The molecule has 4 heteroatoms. The molecule has 0 bridgehead atoms. The molecule has 0 aliphatic carbocycles. The van der Waals surface area contributed by atoms with E-state index in [1.807, 2.05) is 0 Å². The van der Waals surface area contributed by atoms with Crippen molar-refractivity contribution < 1.29 is 9.63 Å². The Morgan fingerprint density at radius 2 is 1.70 bits per heavy atom. The Morgan fingerprint density at radius 3 is 2.43 bits per heavy atom. The van der Waals surface area contributed by atoms with Gasteiger partial charge in [-0.25, -0.2) is 0 Å². The van der Waals surface area contributed by atoms with Gasteiger partial charge in [0.05, 0.1) is 12.1 Å². The van der Waals surface area contributed by atoms with Crippen molar-refractivity contribution in [2.24, 2.45) is 0 Å². The van der Waals surface area contributed by atoms with Gasteiger partial charge >= 0.3 is 0 Å². The molecule has 1 N–H and O–H groups in total. The molecule has 0 radical (unpaired) electrons. The normalized spacial score (nSPS) is 16.4. The zero-order valence-electron chi connectivity index (χ0n) is 15.0. The van der Waals surface area contributed by atoms with Gasteiger partial charge in [-0.3, -0.25) is 4.90 Å². The Labute approximate surface area is 141 Å². The highest BCUT2D eigenvalue weighted by Gasteiger charge is 2.28. The van der Waals surface area contributed by atoms with Gasteiger partial charge < -0.3 is 9.63 Å². The lowest BCUT2D eigenvalue weighted by Crippen LogP contribution is -2.39. The predicted octanol–water partition coefficient (Wildman–Crippen LogP) is 5.05. The molecule has 2 rings (SSSR count). The number of aromatic hydroxyl groups is 1. The van der Waals surface area contributed by atoms with Crippen LogP contribution >= 0.6 is 0 Å². The summed E-state index contributed by atoms with van der Waals surface area (Å²) >= 11 is 0. The quantitative estimate of drug-likeness (QED) is 0.579. The summed E-state index contributed by atoms with van der Waals surface area (Å²) in [6, 6.07) is 0.656. The van der Waals surface area contributed by atoms with Gasteiger partial charge in [0.15, 0.2) is 5.76 Å². The van der Waals surface area contributed by atoms with Crippen LogP contribution in [-0.4, -0.2) is 27.7 Å². The summed E-state index contributed by atoms with van der Waals surface area (Å²) in [7, 11) is 0. The Bertz CT molecular complexity index is 445. The van der Waals surface area contributed by atoms with Crippen LogP contribution in [0.1, 0.15) is 89.4 Å². The molecule has 0 spiro atoms. The van der Waals surface area contributed by atoms with Crippen molar-refractivity contribution in [2.75, 3.05) is 6.54 Å². The zero-order chi connectivity index (χ0) is 16.5. The number of hydrogen-bond acceptors (Lipinski definition) is 4. The van der Waals surface area contributed by atoms with E-state index in [0.717, 1.165) is 30.8 Å². The summed E-state index contributed by atoms with van der Waals surface area (Å²) in [5.41, 5.74) is 0.927. The average Bonchev–Trinajstić information content (AvgIpc) is 2.94. The lowest BCUT2D eigenvalue weighted by molar-refractivity contribution is 0.137. The molecule has 0 saturated carbocycles. The highest BCUT2D eigenvalue weighted by atomic mass is 16.5. The summed E-state index contributed by atoms with van der Waals surface area (Å²) in [5.74, 6) is 0.974. The summed E-state index contributed by atoms with van der Waals surface area (Å²) in [5, 5.41) is 13.4. The van der Waals surface area contributed by atoms with E-state index in [-0.39, 0.29) is 5.88 Å². The van der Waals surface area contributed by atoms with E-state index in [1.54, 1.807) is 0 Å². The third-order valence-electron chi connectivity index (χ3n) is 5.14. The van der Waals surface area contributed by atoms with E-state index in [4.69, 9.17) is 4.52 Å².